The van der Waals surface area contributed by atoms with Crippen molar-refractivity contribution in [3.8, 4) is 0 Å². The van der Waals surface area contributed by atoms with E-state index < -0.39 is 0 Å². The fourth-order valence-electron chi connectivity index (χ4n) is 5.01. The van der Waals surface area contributed by atoms with E-state index in [1.165, 1.54) is 154 Å². The number of rotatable bonds is 0. The molecule has 0 aliphatic heterocycles. The lowest BCUT2D eigenvalue weighted by molar-refractivity contribution is -0.119. The Bertz CT molecular complexity index is 316. The van der Waals surface area contributed by atoms with Gasteiger partial charge >= 0.3 is 0 Å². The monoisotopic (exact) mass is 420 g/mol. The van der Waals surface area contributed by atoms with Gasteiger partial charge in [0.05, 0.1) is 0 Å². The summed E-state index contributed by atoms with van der Waals surface area (Å²) >= 11 is 0. The first-order valence-corrected chi connectivity index (χ1v) is 14.4. The second-order valence-corrected chi connectivity index (χ2v) is 10.2. The van der Waals surface area contributed by atoms with Gasteiger partial charge in [0.2, 0.25) is 0 Å². The van der Waals surface area contributed by atoms with Crippen molar-refractivity contribution in [1.82, 2.24) is 0 Å². The number of carbonyl (C=O) groups excluding carboxylic acids is 1. The molecule has 1 heteroatoms. The lowest BCUT2D eigenvalue weighted by Crippen LogP contribution is -1.97. The fraction of sp³-hybridized carbons (Fsp3) is 0.966. The number of Topliss-reactive ketones (excluding diaryl/α,β-unsaturated/α-hetero) is 1. The molecule has 1 fully saturated rings. The SMILES string of the molecule is O=C1CCCCCCCCCCCCCCCCCCCCCCCCCCCC1. The Morgan fingerprint density at radius 3 is 0.533 bits per heavy atom. The predicted octanol–water partition coefficient (Wildman–Crippen LogP) is 10.5. The zero-order chi connectivity index (χ0) is 21.4. The molecule has 30 heavy (non-hydrogen) atoms. The minimum atomic E-state index is 0.527. The Kier molecular flexibility index (Phi) is 21.5. The standard InChI is InChI=1S/C29H56O/c30-29-27-25-23-21-19-17-15-13-11-9-7-5-3-1-2-4-6-8-10-12-14-16-18-20-22-24-26-28-29/h1-28H2. The smallest absolute Gasteiger partial charge is 0.132 e. The van der Waals surface area contributed by atoms with Crippen molar-refractivity contribution in [2.75, 3.05) is 0 Å². The third-order valence-electron chi connectivity index (χ3n) is 7.16. The molecule has 0 aromatic heterocycles. The van der Waals surface area contributed by atoms with Crippen molar-refractivity contribution >= 4 is 5.78 Å². The summed E-state index contributed by atoms with van der Waals surface area (Å²) in [6.45, 7) is 0. The second kappa shape index (κ2) is 23.3. The van der Waals surface area contributed by atoms with E-state index in [0.29, 0.717) is 5.78 Å². The third-order valence-corrected chi connectivity index (χ3v) is 7.16. The molecule has 0 unspecified atom stereocenters. The van der Waals surface area contributed by atoms with Crippen LogP contribution in [0.3, 0.4) is 0 Å². The Hall–Kier alpha value is -0.330. The molecule has 0 radical (unpaired) electrons. The van der Waals surface area contributed by atoms with Gasteiger partial charge in [0, 0.05) is 12.8 Å². The normalized spacial score (nSPS) is 23.7. The Morgan fingerprint density at radius 1 is 0.233 bits per heavy atom. The third kappa shape index (κ3) is 20.9. The maximum atomic E-state index is 12.0. The maximum absolute atomic E-state index is 12.0. The van der Waals surface area contributed by atoms with Crippen LogP contribution in [0.1, 0.15) is 180 Å². The lowest BCUT2D eigenvalue weighted by atomic mass is 10.0. The van der Waals surface area contributed by atoms with Crippen LogP contribution in [0.2, 0.25) is 0 Å². The first kappa shape index (κ1) is 27.7. The van der Waals surface area contributed by atoms with Crippen LogP contribution < -0.4 is 0 Å². The van der Waals surface area contributed by atoms with Crippen molar-refractivity contribution < 1.29 is 4.79 Å². The molecular weight excluding hydrogens is 364 g/mol. The van der Waals surface area contributed by atoms with E-state index in [4.69, 9.17) is 0 Å². The van der Waals surface area contributed by atoms with Gasteiger partial charge in [-0.25, -0.2) is 0 Å². The molecule has 178 valence electrons. The summed E-state index contributed by atoms with van der Waals surface area (Å²) < 4.78 is 0. The van der Waals surface area contributed by atoms with E-state index in [9.17, 15) is 4.79 Å². The molecule has 1 aliphatic rings. The van der Waals surface area contributed by atoms with Gasteiger partial charge < -0.3 is 0 Å². The summed E-state index contributed by atoms with van der Waals surface area (Å²) in [5.41, 5.74) is 0. The van der Waals surface area contributed by atoms with Crippen molar-refractivity contribution in [2.24, 2.45) is 0 Å². The van der Waals surface area contributed by atoms with Crippen LogP contribution in [-0.4, -0.2) is 5.78 Å². The molecule has 0 aromatic rings. The van der Waals surface area contributed by atoms with Gasteiger partial charge in [0.15, 0.2) is 0 Å². The van der Waals surface area contributed by atoms with E-state index in [0.717, 1.165) is 25.7 Å². The van der Waals surface area contributed by atoms with E-state index in [-0.39, 0.29) is 0 Å². The average molecular weight is 421 g/mol. The Labute approximate surface area is 190 Å². The van der Waals surface area contributed by atoms with Crippen molar-refractivity contribution in [2.45, 2.75) is 180 Å². The Morgan fingerprint density at radius 2 is 0.367 bits per heavy atom. The zero-order valence-electron chi connectivity index (χ0n) is 20.7. The van der Waals surface area contributed by atoms with Gasteiger partial charge in [-0.3, -0.25) is 4.79 Å². The molecule has 0 N–H and O–H groups in total. The highest BCUT2D eigenvalue weighted by Gasteiger charge is 2.02. The zero-order valence-corrected chi connectivity index (χ0v) is 20.7. The summed E-state index contributed by atoms with van der Waals surface area (Å²) in [5.74, 6) is 0.527. The predicted molar refractivity (Wildman–Crippen MR) is 134 cm³/mol. The van der Waals surface area contributed by atoms with Gasteiger partial charge in [-0.05, 0) is 12.8 Å². The summed E-state index contributed by atoms with van der Waals surface area (Å²) in [4.78, 5) is 12.0. The molecule has 1 aliphatic carbocycles. The molecule has 1 saturated carbocycles. The topological polar surface area (TPSA) is 17.1 Å². The minimum Gasteiger partial charge on any atom is -0.300 e. The molecular formula is C29H56O. The molecule has 0 atom stereocenters. The highest BCUT2D eigenvalue weighted by atomic mass is 16.1. The van der Waals surface area contributed by atoms with E-state index in [1.807, 2.05) is 0 Å². The van der Waals surface area contributed by atoms with Crippen molar-refractivity contribution in [1.29, 1.82) is 0 Å². The lowest BCUT2D eigenvalue weighted by Gasteiger charge is -2.04. The van der Waals surface area contributed by atoms with Gasteiger partial charge in [0.1, 0.15) is 5.78 Å². The molecule has 0 bridgehead atoms. The molecule has 0 heterocycles. The van der Waals surface area contributed by atoms with Crippen LogP contribution in [0, 0.1) is 0 Å². The quantitative estimate of drug-likeness (QED) is 0.381. The Balaban J connectivity index is 2.07. The first-order chi connectivity index (χ1) is 14.9. The summed E-state index contributed by atoms with van der Waals surface area (Å²) in [6, 6.07) is 0. The number of hydrogen-bond donors (Lipinski definition) is 0. The van der Waals surface area contributed by atoms with Crippen LogP contribution in [0.25, 0.3) is 0 Å². The van der Waals surface area contributed by atoms with Crippen molar-refractivity contribution in [3.63, 3.8) is 0 Å². The van der Waals surface area contributed by atoms with Gasteiger partial charge in [-0.15, -0.1) is 0 Å². The van der Waals surface area contributed by atoms with E-state index in [1.54, 1.807) is 0 Å². The van der Waals surface area contributed by atoms with Gasteiger partial charge in [-0.2, -0.15) is 0 Å². The molecule has 0 saturated heterocycles. The molecule has 1 rings (SSSR count). The highest BCUT2D eigenvalue weighted by Crippen LogP contribution is 2.17. The van der Waals surface area contributed by atoms with Crippen LogP contribution >= 0.6 is 0 Å². The maximum Gasteiger partial charge on any atom is 0.132 e. The summed E-state index contributed by atoms with van der Waals surface area (Å²) in [5, 5.41) is 0. The number of hydrogen-bond acceptors (Lipinski definition) is 1. The van der Waals surface area contributed by atoms with E-state index >= 15 is 0 Å². The van der Waals surface area contributed by atoms with Crippen LogP contribution in [-0.2, 0) is 4.79 Å². The summed E-state index contributed by atoms with van der Waals surface area (Å²) in [6.07, 6.45) is 38.1. The number of carbonyl (C=O) groups is 1. The largest absolute Gasteiger partial charge is 0.300 e. The summed E-state index contributed by atoms with van der Waals surface area (Å²) in [7, 11) is 0. The van der Waals surface area contributed by atoms with Crippen LogP contribution in [0.15, 0.2) is 0 Å². The highest BCUT2D eigenvalue weighted by molar-refractivity contribution is 5.78. The fourth-order valence-corrected chi connectivity index (χ4v) is 5.01. The first-order valence-electron chi connectivity index (χ1n) is 14.4. The van der Waals surface area contributed by atoms with Crippen LogP contribution in [0.4, 0.5) is 0 Å². The molecule has 1 nitrogen and oxygen atoms in total. The minimum absolute atomic E-state index is 0.527. The molecule has 0 aromatic carbocycles. The van der Waals surface area contributed by atoms with Gasteiger partial charge in [-0.1, -0.05) is 154 Å². The molecule has 0 amide bonds. The average Bonchev–Trinajstić information content (AvgIpc) is 2.75. The van der Waals surface area contributed by atoms with Crippen LogP contribution in [0.5, 0.6) is 0 Å². The van der Waals surface area contributed by atoms with E-state index in [2.05, 4.69) is 0 Å². The van der Waals surface area contributed by atoms with Crippen molar-refractivity contribution in [3.05, 3.63) is 0 Å². The number of ketones is 1. The second-order valence-electron chi connectivity index (χ2n) is 10.2. The molecule has 0 spiro atoms. The van der Waals surface area contributed by atoms with Gasteiger partial charge in [0.25, 0.3) is 0 Å².